The number of rotatable bonds is 5. The van der Waals surface area contributed by atoms with Crippen molar-refractivity contribution in [3.63, 3.8) is 0 Å². The van der Waals surface area contributed by atoms with Gasteiger partial charge in [-0.05, 0) is 52.6 Å². The molecule has 1 N–H and O–H groups in total. The fourth-order valence-electron chi connectivity index (χ4n) is 4.75. The van der Waals surface area contributed by atoms with Crippen LogP contribution < -0.4 is 4.90 Å². The molecule has 0 aromatic heterocycles. The Balaban J connectivity index is 1.84. The first-order valence-corrected chi connectivity index (χ1v) is 12.1. The molecule has 35 heavy (non-hydrogen) atoms. The number of anilines is 1. The van der Waals surface area contributed by atoms with Crippen LogP contribution in [-0.4, -0.2) is 18.2 Å². The van der Waals surface area contributed by atoms with Gasteiger partial charge < -0.3 is 14.7 Å². The number of benzene rings is 4. The summed E-state index contributed by atoms with van der Waals surface area (Å²) in [4.78, 5) is 15.6. The fourth-order valence-corrected chi connectivity index (χ4v) is 5.02. The largest absolute Gasteiger partial charge is 0.467 e. The predicted octanol–water partition coefficient (Wildman–Crippen LogP) is 6.57. The lowest BCUT2D eigenvalue weighted by Crippen LogP contribution is -2.50. The van der Waals surface area contributed by atoms with Gasteiger partial charge >= 0.3 is 5.97 Å². The van der Waals surface area contributed by atoms with Crippen LogP contribution in [0.2, 0.25) is 0 Å². The molecule has 0 saturated heterocycles. The van der Waals surface area contributed by atoms with Crippen LogP contribution in [0.25, 0.3) is 11.8 Å². The van der Waals surface area contributed by atoms with E-state index in [-0.39, 0.29) is 0 Å². The van der Waals surface area contributed by atoms with Gasteiger partial charge in [-0.1, -0.05) is 101 Å². The maximum Gasteiger partial charge on any atom is 0.345 e. The number of hydrogen-bond donors (Lipinski definition) is 1. The summed E-state index contributed by atoms with van der Waals surface area (Å²) in [5, 5.41) is 12.5. The number of para-hydroxylation sites is 1. The van der Waals surface area contributed by atoms with Crippen LogP contribution in [0.15, 0.2) is 114 Å². The number of aliphatic hydroxyl groups is 1. The predicted molar refractivity (Wildman–Crippen MR) is 142 cm³/mol. The van der Waals surface area contributed by atoms with Gasteiger partial charge in [0.2, 0.25) is 5.60 Å². The van der Waals surface area contributed by atoms with E-state index >= 15 is 0 Å². The molecule has 0 radical (unpaired) electrons. The second-order valence-electron chi connectivity index (χ2n) is 8.40. The normalized spacial score (nSPS) is 16.6. The van der Waals surface area contributed by atoms with Gasteiger partial charge in [-0.15, -0.1) is 0 Å². The van der Waals surface area contributed by atoms with E-state index in [4.69, 9.17) is 4.74 Å². The third kappa shape index (κ3) is 4.07. The Hall–Kier alpha value is -3.67. The molecule has 5 rings (SSSR count). The minimum Gasteiger partial charge on any atom is -0.467 e. The summed E-state index contributed by atoms with van der Waals surface area (Å²) in [5.74, 6) is -0.727. The third-order valence-corrected chi connectivity index (χ3v) is 6.91. The van der Waals surface area contributed by atoms with E-state index in [1.54, 1.807) is 12.1 Å². The molecule has 0 spiro atoms. The molecule has 0 aliphatic carbocycles. The highest BCUT2D eigenvalue weighted by Gasteiger charge is 2.53. The average Bonchev–Trinajstić information content (AvgIpc) is 2.92. The van der Waals surface area contributed by atoms with E-state index in [1.807, 2.05) is 102 Å². The zero-order valence-corrected chi connectivity index (χ0v) is 20.7. The van der Waals surface area contributed by atoms with Gasteiger partial charge in [0.05, 0.1) is 7.11 Å². The SMILES string of the molecule is COC(=O)C(O)(c1ccc(Br)cc1)C1c2ccccc2C=C(c2ccccc2)N1c1ccccc1. The fraction of sp³-hybridized carbons (Fsp3) is 0.100. The second-order valence-corrected chi connectivity index (χ2v) is 9.31. The number of carbonyl (C=O) groups is 1. The van der Waals surface area contributed by atoms with Crippen molar-refractivity contribution in [3.05, 3.63) is 136 Å². The zero-order valence-electron chi connectivity index (χ0n) is 19.1. The molecule has 0 fully saturated rings. The number of halogens is 1. The average molecular weight is 526 g/mol. The second kappa shape index (κ2) is 9.53. The highest BCUT2D eigenvalue weighted by molar-refractivity contribution is 9.10. The van der Waals surface area contributed by atoms with Crippen molar-refractivity contribution < 1.29 is 14.6 Å². The first-order chi connectivity index (χ1) is 17.0. The highest BCUT2D eigenvalue weighted by atomic mass is 79.9. The third-order valence-electron chi connectivity index (χ3n) is 6.38. The molecule has 4 nitrogen and oxygen atoms in total. The monoisotopic (exact) mass is 525 g/mol. The molecule has 4 aromatic carbocycles. The summed E-state index contributed by atoms with van der Waals surface area (Å²) in [6, 6.07) is 34.0. The van der Waals surface area contributed by atoms with Gasteiger partial charge in [-0.3, -0.25) is 0 Å². The zero-order chi connectivity index (χ0) is 24.4. The van der Waals surface area contributed by atoms with Crippen molar-refractivity contribution in [2.75, 3.05) is 12.0 Å². The number of esters is 1. The van der Waals surface area contributed by atoms with E-state index < -0.39 is 17.6 Å². The number of hydrogen-bond acceptors (Lipinski definition) is 4. The summed E-state index contributed by atoms with van der Waals surface area (Å²) < 4.78 is 6.10. The van der Waals surface area contributed by atoms with Crippen LogP contribution >= 0.6 is 15.9 Å². The summed E-state index contributed by atoms with van der Waals surface area (Å²) >= 11 is 3.46. The smallest absolute Gasteiger partial charge is 0.345 e. The number of fused-ring (bicyclic) bond motifs is 1. The van der Waals surface area contributed by atoms with Crippen LogP contribution in [0.3, 0.4) is 0 Å². The summed E-state index contributed by atoms with van der Waals surface area (Å²) in [5.41, 5.74) is 2.90. The van der Waals surface area contributed by atoms with Crippen LogP contribution in [0.1, 0.15) is 28.3 Å². The summed E-state index contributed by atoms with van der Waals surface area (Å²) in [6.45, 7) is 0. The molecule has 5 heteroatoms. The molecular weight excluding hydrogens is 502 g/mol. The number of methoxy groups -OCH3 is 1. The van der Waals surface area contributed by atoms with Crippen molar-refractivity contribution >= 4 is 39.4 Å². The van der Waals surface area contributed by atoms with Crippen molar-refractivity contribution in [1.29, 1.82) is 0 Å². The van der Waals surface area contributed by atoms with Crippen molar-refractivity contribution in [3.8, 4) is 0 Å². The Bertz CT molecular complexity index is 1370. The van der Waals surface area contributed by atoms with Crippen molar-refractivity contribution in [2.24, 2.45) is 0 Å². The van der Waals surface area contributed by atoms with E-state index in [0.29, 0.717) is 5.56 Å². The molecule has 1 heterocycles. The van der Waals surface area contributed by atoms with E-state index in [0.717, 1.165) is 32.5 Å². The number of nitrogens with zero attached hydrogens (tertiary/aromatic N) is 1. The van der Waals surface area contributed by atoms with Gasteiger partial charge in [0, 0.05) is 15.9 Å². The molecule has 4 aromatic rings. The van der Waals surface area contributed by atoms with Gasteiger partial charge in [-0.25, -0.2) is 4.79 Å². The maximum atomic E-state index is 13.5. The lowest BCUT2D eigenvalue weighted by atomic mass is 9.77. The first kappa shape index (κ1) is 23.1. The van der Waals surface area contributed by atoms with Crippen LogP contribution in [-0.2, 0) is 15.1 Å². The minimum absolute atomic E-state index is 0.447. The van der Waals surface area contributed by atoms with Crippen molar-refractivity contribution in [1.82, 2.24) is 0 Å². The lowest BCUT2D eigenvalue weighted by molar-refractivity contribution is -0.166. The molecule has 2 unspecified atom stereocenters. The van der Waals surface area contributed by atoms with Crippen LogP contribution in [0, 0.1) is 0 Å². The number of carbonyl (C=O) groups excluding carboxylic acids is 1. The Morgan fingerprint density at radius 1 is 0.857 bits per heavy atom. The Kier molecular flexibility index (Phi) is 6.29. The summed E-state index contributed by atoms with van der Waals surface area (Å²) in [6.07, 6.45) is 2.10. The van der Waals surface area contributed by atoms with E-state index in [1.165, 1.54) is 7.11 Å². The van der Waals surface area contributed by atoms with Crippen LogP contribution in [0.5, 0.6) is 0 Å². The standard InChI is InChI=1S/C30H24BrNO3/c1-35-29(33)30(34,23-16-18-24(31)19-17-23)28-26-15-9-8-12-22(26)20-27(21-10-4-2-5-11-21)32(28)25-13-6-3-7-14-25/h2-20,28,34H,1H3. The van der Waals surface area contributed by atoms with Gasteiger partial charge in [0.25, 0.3) is 0 Å². The Morgan fingerprint density at radius 2 is 1.46 bits per heavy atom. The van der Waals surface area contributed by atoms with E-state index in [2.05, 4.69) is 22.0 Å². The molecule has 1 aliphatic heterocycles. The Morgan fingerprint density at radius 3 is 2.11 bits per heavy atom. The molecule has 174 valence electrons. The quantitative estimate of drug-likeness (QED) is 0.299. The highest BCUT2D eigenvalue weighted by Crippen LogP contribution is 2.50. The molecule has 0 amide bonds. The molecule has 0 bridgehead atoms. The molecule has 2 atom stereocenters. The maximum absolute atomic E-state index is 13.5. The molecule has 0 saturated carbocycles. The molecule has 1 aliphatic rings. The summed E-state index contributed by atoms with van der Waals surface area (Å²) in [7, 11) is 1.31. The van der Waals surface area contributed by atoms with E-state index in [9.17, 15) is 9.90 Å². The van der Waals surface area contributed by atoms with Gasteiger partial charge in [0.15, 0.2) is 0 Å². The van der Waals surface area contributed by atoms with Crippen molar-refractivity contribution in [2.45, 2.75) is 11.6 Å². The number of ether oxygens (including phenoxy) is 1. The van der Waals surface area contributed by atoms with Gasteiger partial charge in [0.1, 0.15) is 6.04 Å². The Labute approximate surface area is 213 Å². The first-order valence-electron chi connectivity index (χ1n) is 11.3. The lowest BCUT2D eigenvalue weighted by Gasteiger charge is -2.46. The minimum atomic E-state index is -2.00. The van der Waals surface area contributed by atoms with Gasteiger partial charge in [-0.2, -0.15) is 0 Å². The topological polar surface area (TPSA) is 49.8 Å². The molecular formula is C30H24BrNO3. The van der Waals surface area contributed by atoms with Crippen LogP contribution in [0.4, 0.5) is 5.69 Å².